The van der Waals surface area contributed by atoms with Gasteiger partial charge in [-0.05, 0) is 18.2 Å². The lowest BCUT2D eigenvalue weighted by Crippen LogP contribution is -2.14. The van der Waals surface area contributed by atoms with E-state index < -0.39 is 5.69 Å². The van der Waals surface area contributed by atoms with Crippen molar-refractivity contribution in [2.45, 2.75) is 0 Å². The van der Waals surface area contributed by atoms with Gasteiger partial charge in [-0.1, -0.05) is 53.5 Å². The summed E-state index contributed by atoms with van der Waals surface area (Å²) in [4.78, 5) is 14.8. The third-order valence-electron chi connectivity index (χ3n) is 3.04. The van der Waals surface area contributed by atoms with Crippen LogP contribution < -0.4 is 5.69 Å². The van der Waals surface area contributed by atoms with Crippen molar-refractivity contribution in [1.29, 1.82) is 0 Å². The van der Waals surface area contributed by atoms with E-state index in [0.717, 1.165) is 4.57 Å². The lowest BCUT2D eigenvalue weighted by molar-refractivity contribution is 0.443. The van der Waals surface area contributed by atoms with Crippen molar-refractivity contribution in [3.05, 3.63) is 69.1 Å². The van der Waals surface area contributed by atoms with Crippen LogP contribution in [0.3, 0.4) is 0 Å². The maximum Gasteiger partial charge on any atom is 0.333 e. The summed E-state index contributed by atoms with van der Waals surface area (Å²) >= 11 is 11.9. The number of benzene rings is 2. The molecule has 0 aliphatic rings. The van der Waals surface area contributed by atoms with Crippen LogP contribution in [0.1, 0.15) is 0 Å². The molecule has 0 amide bonds. The number of aromatic hydroxyl groups is 1. The Kier molecular flexibility index (Phi) is 3.49. The molecule has 2 N–H and O–H groups in total. The minimum atomic E-state index is -0.468. The molecule has 0 aliphatic carbocycles. The predicted molar refractivity (Wildman–Crippen MR) is 83.5 cm³/mol. The van der Waals surface area contributed by atoms with E-state index >= 15 is 0 Å². The SMILES string of the molecule is O=c1[nH]c(-c2ccccc2)c(O)n1-c1cc(Cl)cc(Cl)c1. The molecule has 1 heterocycles. The summed E-state index contributed by atoms with van der Waals surface area (Å²) in [5.74, 6) is -0.190. The molecule has 106 valence electrons. The largest absolute Gasteiger partial charge is 0.493 e. The Morgan fingerprint density at radius 1 is 1.00 bits per heavy atom. The topological polar surface area (TPSA) is 58.0 Å². The van der Waals surface area contributed by atoms with Crippen LogP contribution in [0.4, 0.5) is 0 Å². The van der Waals surface area contributed by atoms with Gasteiger partial charge >= 0.3 is 5.69 Å². The summed E-state index contributed by atoms with van der Waals surface area (Å²) in [6.07, 6.45) is 0. The molecule has 4 nitrogen and oxygen atoms in total. The summed E-state index contributed by atoms with van der Waals surface area (Å²) in [7, 11) is 0. The number of hydrogen-bond donors (Lipinski definition) is 2. The van der Waals surface area contributed by atoms with E-state index in [1.807, 2.05) is 18.2 Å². The highest BCUT2D eigenvalue weighted by Gasteiger charge is 2.16. The Balaban J connectivity index is 2.21. The number of halogens is 2. The molecule has 1 aromatic heterocycles. The van der Waals surface area contributed by atoms with Crippen LogP contribution in [-0.2, 0) is 0 Å². The standard InChI is InChI=1S/C15H10Cl2N2O2/c16-10-6-11(17)8-12(7-10)19-14(20)13(18-15(19)21)9-4-2-1-3-5-9/h1-8,20H,(H,18,21). The molecule has 0 bridgehead atoms. The Bertz CT molecular complexity index is 834. The van der Waals surface area contributed by atoms with Gasteiger partial charge in [-0.15, -0.1) is 0 Å². The van der Waals surface area contributed by atoms with Gasteiger partial charge < -0.3 is 10.1 Å². The molecule has 6 heteroatoms. The lowest BCUT2D eigenvalue weighted by Gasteiger charge is -2.05. The fourth-order valence-electron chi connectivity index (χ4n) is 2.14. The van der Waals surface area contributed by atoms with Crippen molar-refractivity contribution in [3.63, 3.8) is 0 Å². The monoisotopic (exact) mass is 320 g/mol. The molecular weight excluding hydrogens is 311 g/mol. The van der Waals surface area contributed by atoms with E-state index in [1.54, 1.807) is 30.3 Å². The smallest absolute Gasteiger partial charge is 0.333 e. The highest BCUT2D eigenvalue weighted by Crippen LogP contribution is 2.29. The molecule has 0 atom stereocenters. The second-order valence-electron chi connectivity index (χ2n) is 4.46. The number of aromatic nitrogens is 2. The predicted octanol–water partition coefficient (Wildman–Crippen LogP) is 3.85. The fraction of sp³-hybridized carbons (Fsp3) is 0. The summed E-state index contributed by atoms with van der Waals surface area (Å²) in [5, 5.41) is 11.1. The molecule has 0 saturated heterocycles. The second-order valence-corrected chi connectivity index (χ2v) is 5.33. The van der Waals surface area contributed by atoms with Crippen LogP contribution in [0.15, 0.2) is 53.3 Å². The van der Waals surface area contributed by atoms with Gasteiger partial charge in [-0.25, -0.2) is 9.36 Å². The molecule has 0 spiro atoms. The quantitative estimate of drug-likeness (QED) is 0.753. The number of hydrogen-bond acceptors (Lipinski definition) is 2. The van der Waals surface area contributed by atoms with Gasteiger partial charge in [0.15, 0.2) is 0 Å². The lowest BCUT2D eigenvalue weighted by atomic mass is 10.2. The molecule has 21 heavy (non-hydrogen) atoms. The molecule has 0 fully saturated rings. The highest BCUT2D eigenvalue weighted by atomic mass is 35.5. The van der Waals surface area contributed by atoms with Crippen molar-refractivity contribution in [2.75, 3.05) is 0 Å². The van der Waals surface area contributed by atoms with Gasteiger partial charge in [0.25, 0.3) is 0 Å². The van der Waals surface area contributed by atoms with Crippen LogP contribution >= 0.6 is 23.2 Å². The van der Waals surface area contributed by atoms with E-state index in [-0.39, 0.29) is 5.88 Å². The van der Waals surface area contributed by atoms with E-state index in [0.29, 0.717) is 27.0 Å². The molecule has 0 radical (unpaired) electrons. The summed E-state index contributed by atoms with van der Waals surface area (Å²) < 4.78 is 1.13. The van der Waals surface area contributed by atoms with E-state index in [9.17, 15) is 9.90 Å². The average molecular weight is 321 g/mol. The van der Waals surface area contributed by atoms with Crippen molar-refractivity contribution >= 4 is 23.2 Å². The van der Waals surface area contributed by atoms with Crippen molar-refractivity contribution in [3.8, 4) is 22.8 Å². The number of nitrogens with zero attached hydrogens (tertiary/aromatic N) is 1. The van der Waals surface area contributed by atoms with Crippen LogP contribution in [0.25, 0.3) is 16.9 Å². The van der Waals surface area contributed by atoms with Crippen molar-refractivity contribution < 1.29 is 5.11 Å². The molecule has 0 aliphatic heterocycles. The van der Waals surface area contributed by atoms with Gasteiger partial charge in [0.2, 0.25) is 5.88 Å². The first-order valence-electron chi connectivity index (χ1n) is 6.12. The number of imidazole rings is 1. The Labute approximate surface area is 130 Å². The second kappa shape index (κ2) is 5.31. The molecular formula is C15H10Cl2N2O2. The molecule has 3 rings (SSSR count). The first-order valence-corrected chi connectivity index (χ1v) is 6.88. The molecule has 3 aromatic rings. The zero-order valence-electron chi connectivity index (χ0n) is 10.7. The Morgan fingerprint density at radius 2 is 1.62 bits per heavy atom. The number of nitrogens with one attached hydrogen (secondary N) is 1. The fourth-order valence-corrected chi connectivity index (χ4v) is 2.66. The summed E-state index contributed by atoms with van der Waals surface area (Å²) in [5.41, 5.74) is 0.980. The van der Waals surface area contributed by atoms with E-state index in [2.05, 4.69) is 4.98 Å². The van der Waals surface area contributed by atoms with Gasteiger partial charge in [-0.2, -0.15) is 0 Å². The first kappa shape index (κ1) is 13.8. The molecule has 0 saturated carbocycles. The highest BCUT2D eigenvalue weighted by molar-refractivity contribution is 6.34. The van der Waals surface area contributed by atoms with Gasteiger partial charge in [0.05, 0.1) is 5.69 Å². The number of H-pyrrole nitrogens is 1. The van der Waals surface area contributed by atoms with Crippen molar-refractivity contribution in [1.82, 2.24) is 9.55 Å². The number of rotatable bonds is 2. The summed E-state index contributed by atoms with van der Waals surface area (Å²) in [6.45, 7) is 0. The maximum absolute atomic E-state index is 12.1. The minimum absolute atomic E-state index is 0.190. The third kappa shape index (κ3) is 2.55. The Morgan fingerprint density at radius 3 is 2.24 bits per heavy atom. The number of aromatic amines is 1. The molecule has 0 unspecified atom stereocenters. The zero-order valence-corrected chi connectivity index (χ0v) is 12.2. The normalized spacial score (nSPS) is 10.8. The average Bonchev–Trinajstić information content (AvgIpc) is 2.74. The van der Waals surface area contributed by atoms with Crippen molar-refractivity contribution in [2.24, 2.45) is 0 Å². The van der Waals surface area contributed by atoms with Crippen LogP contribution in [0.5, 0.6) is 5.88 Å². The van der Waals surface area contributed by atoms with E-state index in [1.165, 1.54) is 0 Å². The zero-order chi connectivity index (χ0) is 15.0. The maximum atomic E-state index is 12.1. The Hall–Kier alpha value is -2.17. The van der Waals surface area contributed by atoms with Crippen LogP contribution in [0.2, 0.25) is 10.0 Å². The van der Waals surface area contributed by atoms with Gasteiger partial charge in [-0.3, -0.25) is 0 Å². The molecule has 2 aromatic carbocycles. The van der Waals surface area contributed by atoms with Crippen LogP contribution in [-0.4, -0.2) is 14.7 Å². The van der Waals surface area contributed by atoms with Crippen LogP contribution in [0, 0.1) is 0 Å². The summed E-state index contributed by atoms with van der Waals surface area (Å²) in [6, 6.07) is 13.7. The minimum Gasteiger partial charge on any atom is -0.493 e. The van der Waals surface area contributed by atoms with Gasteiger partial charge in [0.1, 0.15) is 5.69 Å². The first-order chi connectivity index (χ1) is 10.1. The van der Waals surface area contributed by atoms with E-state index in [4.69, 9.17) is 23.2 Å². The third-order valence-corrected chi connectivity index (χ3v) is 3.47. The van der Waals surface area contributed by atoms with Gasteiger partial charge in [0, 0.05) is 15.6 Å².